The van der Waals surface area contributed by atoms with Crippen molar-refractivity contribution in [3.05, 3.63) is 0 Å². The Morgan fingerprint density at radius 2 is 1.38 bits per heavy atom. The number of hydrogen-bond acceptors (Lipinski definition) is 6. The van der Waals surface area contributed by atoms with Gasteiger partial charge >= 0.3 is 11.9 Å². The lowest BCUT2D eigenvalue weighted by molar-refractivity contribution is -0.163. The summed E-state index contributed by atoms with van der Waals surface area (Å²) in [6.07, 6.45) is -2.69. The van der Waals surface area contributed by atoms with Gasteiger partial charge in [-0.15, -0.1) is 0 Å². The Hall–Kier alpha value is -1.14. The van der Waals surface area contributed by atoms with Crippen LogP contribution in [-0.2, 0) is 28.5 Å². The lowest BCUT2D eigenvalue weighted by atomic mass is 10.2. The molecule has 0 aliphatic carbocycles. The molecular weight excluding hydrogens is 216 g/mol. The zero-order chi connectivity index (χ0) is 12.1. The van der Waals surface area contributed by atoms with Gasteiger partial charge in [-0.1, -0.05) is 0 Å². The van der Waals surface area contributed by atoms with E-state index in [1.54, 1.807) is 20.8 Å². The van der Waals surface area contributed by atoms with Crippen molar-refractivity contribution in [1.29, 1.82) is 0 Å². The molecule has 1 rings (SSSR count). The van der Waals surface area contributed by atoms with Crippen molar-refractivity contribution in [1.82, 2.24) is 0 Å². The molecule has 0 saturated carbocycles. The topological polar surface area (TPSA) is 71.1 Å². The lowest BCUT2D eigenvalue weighted by Gasteiger charge is -2.13. The number of hydrogen-bond donors (Lipinski definition) is 0. The number of carbonyl (C=O) groups excluding carboxylic acids is 2. The molecule has 1 fully saturated rings. The molecule has 16 heavy (non-hydrogen) atoms. The second-order valence-electron chi connectivity index (χ2n) is 3.19. The second kappa shape index (κ2) is 5.81. The Labute approximate surface area is 93.8 Å². The normalized spacial score (nSPS) is 28.8. The zero-order valence-corrected chi connectivity index (χ0v) is 9.60. The molecule has 2 atom stereocenters. The number of ether oxygens (including phenoxy) is 4. The van der Waals surface area contributed by atoms with Crippen molar-refractivity contribution in [2.45, 2.75) is 39.3 Å². The van der Waals surface area contributed by atoms with Crippen LogP contribution in [0.5, 0.6) is 0 Å². The first-order chi connectivity index (χ1) is 7.60. The summed E-state index contributed by atoms with van der Waals surface area (Å²) in [5, 5.41) is 0. The van der Waals surface area contributed by atoms with Crippen LogP contribution in [0.25, 0.3) is 0 Å². The van der Waals surface area contributed by atoms with Crippen molar-refractivity contribution in [2.24, 2.45) is 0 Å². The number of carbonyl (C=O) groups is 2. The molecule has 0 aromatic rings. The quantitative estimate of drug-likeness (QED) is 0.647. The van der Waals surface area contributed by atoms with Gasteiger partial charge in [0.2, 0.25) is 0 Å². The fourth-order valence-corrected chi connectivity index (χ4v) is 1.39. The Morgan fingerprint density at radius 3 is 1.69 bits per heavy atom. The average Bonchev–Trinajstić information content (AvgIpc) is 2.61. The molecule has 0 spiro atoms. The van der Waals surface area contributed by atoms with Crippen LogP contribution in [0, 0.1) is 0 Å². The van der Waals surface area contributed by atoms with Crippen molar-refractivity contribution in [2.75, 3.05) is 13.2 Å². The minimum Gasteiger partial charge on any atom is -0.464 e. The molecule has 2 unspecified atom stereocenters. The highest BCUT2D eigenvalue weighted by Gasteiger charge is 2.45. The molecular formula is C10H16O6. The van der Waals surface area contributed by atoms with Crippen molar-refractivity contribution in [3.8, 4) is 0 Å². The Bertz CT molecular complexity index is 238. The zero-order valence-electron chi connectivity index (χ0n) is 9.60. The summed E-state index contributed by atoms with van der Waals surface area (Å²) in [7, 11) is 0. The highest BCUT2D eigenvalue weighted by molar-refractivity contribution is 5.86. The standard InChI is InChI=1S/C10H16O6/c1-4-13-9(11)7-8(10(12)14-5-2)16-6(3)15-7/h6-8H,4-5H2,1-3H3. The van der Waals surface area contributed by atoms with E-state index in [-0.39, 0.29) is 13.2 Å². The van der Waals surface area contributed by atoms with Gasteiger partial charge in [-0.25, -0.2) is 9.59 Å². The maximum atomic E-state index is 11.5. The number of esters is 2. The first-order valence-corrected chi connectivity index (χ1v) is 5.24. The summed E-state index contributed by atoms with van der Waals surface area (Å²) in [4.78, 5) is 22.9. The average molecular weight is 232 g/mol. The smallest absolute Gasteiger partial charge is 0.338 e. The van der Waals surface area contributed by atoms with E-state index in [9.17, 15) is 9.59 Å². The van der Waals surface area contributed by atoms with Gasteiger partial charge < -0.3 is 18.9 Å². The molecule has 1 aliphatic heterocycles. The SMILES string of the molecule is CCOC(=O)C1OC(C)OC1C(=O)OCC. The van der Waals surface area contributed by atoms with Gasteiger partial charge in [0, 0.05) is 0 Å². The molecule has 0 bridgehead atoms. The predicted molar refractivity (Wildman–Crippen MR) is 52.5 cm³/mol. The van der Waals surface area contributed by atoms with Crippen molar-refractivity contribution < 1.29 is 28.5 Å². The van der Waals surface area contributed by atoms with Crippen LogP contribution in [0.15, 0.2) is 0 Å². The van der Waals surface area contributed by atoms with Crippen LogP contribution in [0.4, 0.5) is 0 Å². The third kappa shape index (κ3) is 2.93. The highest BCUT2D eigenvalue weighted by atomic mass is 16.8. The highest BCUT2D eigenvalue weighted by Crippen LogP contribution is 2.21. The van der Waals surface area contributed by atoms with E-state index in [4.69, 9.17) is 18.9 Å². The summed E-state index contributed by atoms with van der Waals surface area (Å²) in [5.74, 6) is -1.21. The molecule has 1 aliphatic rings. The summed E-state index contributed by atoms with van der Waals surface area (Å²) in [6.45, 7) is 5.41. The van der Waals surface area contributed by atoms with Gasteiger partial charge in [0.1, 0.15) is 0 Å². The van der Waals surface area contributed by atoms with E-state index in [0.717, 1.165) is 0 Å². The maximum Gasteiger partial charge on any atom is 0.338 e. The second-order valence-corrected chi connectivity index (χ2v) is 3.19. The molecule has 0 amide bonds. The first kappa shape index (κ1) is 12.9. The maximum absolute atomic E-state index is 11.5. The lowest BCUT2D eigenvalue weighted by Crippen LogP contribution is -2.39. The molecule has 92 valence electrons. The van der Waals surface area contributed by atoms with Crippen LogP contribution in [0.1, 0.15) is 20.8 Å². The molecule has 1 heterocycles. The van der Waals surface area contributed by atoms with E-state index in [2.05, 4.69) is 0 Å². The van der Waals surface area contributed by atoms with Crippen LogP contribution >= 0.6 is 0 Å². The van der Waals surface area contributed by atoms with Gasteiger partial charge in [-0.2, -0.15) is 0 Å². The molecule has 0 aromatic heterocycles. The van der Waals surface area contributed by atoms with Gasteiger partial charge in [0.15, 0.2) is 18.5 Å². The summed E-state index contributed by atoms with van der Waals surface area (Å²) < 4.78 is 19.9. The largest absolute Gasteiger partial charge is 0.464 e. The predicted octanol–water partition coefficient (Wildman–Crippen LogP) is 0.243. The van der Waals surface area contributed by atoms with Crippen LogP contribution in [0.2, 0.25) is 0 Å². The van der Waals surface area contributed by atoms with E-state index in [0.29, 0.717) is 0 Å². The molecule has 0 aromatic carbocycles. The van der Waals surface area contributed by atoms with Gasteiger partial charge in [0.05, 0.1) is 13.2 Å². The molecule has 0 N–H and O–H groups in total. The molecule has 1 saturated heterocycles. The summed E-state index contributed by atoms with van der Waals surface area (Å²) in [6, 6.07) is 0. The van der Waals surface area contributed by atoms with E-state index in [1.807, 2.05) is 0 Å². The fourth-order valence-electron chi connectivity index (χ4n) is 1.39. The minimum absolute atomic E-state index is 0.225. The van der Waals surface area contributed by atoms with Crippen LogP contribution in [-0.4, -0.2) is 43.7 Å². The third-order valence-electron chi connectivity index (χ3n) is 1.99. The van der Waals surface area contributed by atoms with E-state index >= 15 is 0 Å². The van der Waals surface area contributed by atoms with Gasteiger partial charge in [-0.3, -0.25) is 0 Å². The first-order valence-electron chi connectivity index (χ1n) is 5.24. The van der Waals surface area contributed by atoms with Crippen LogP contribution in [0.3, 0.4) is 0 Å². The minimum atomic E-state index is -1.03. The monoisotopic (exact) mass is 232 g/mol. The van der Waals surface area contributed by atoms with Crippen LogP contribution < -0.4 is 0 Å². The van der Waals surface area contributed by atoms with Gasteiger partial charge in [0.25, 0.3) is 0 Å². The molecule has 6 nitrogen and oxygen atoms in total. The van der Waals surface area contributed by atoms with E-state index < -0.39 is 30.4 Å². The molecule has 0 radical (unpaired) electrons. The summed E-state index contributed by atoms with van der Waals surface area (Å²) >= 11 is 0. The Morgan fingerprint density at radius 1 is 1.00 bits per heavy atom. The third-order valence-corrected chi connectivity index (χ3v) is 1.99. The summed E-state index contributed by atoms with van der Waals surface area (Å²) in [5.41, 5.74) is 0. The van der Waals surface area contributed by atoms with Gasteiger partial charge in [-0.05, 0) is 20.8 Å². The van der Waals surface area contributed by atoms with Crippen molar-refractivity contribution >= 4 is 11.9 Å². The van der Waals surface area contributed by atoms with Crippen molar-refractivity contribution in [3.63, 3.8) is 0 Å². The Balaban J connectivity index is 2.66. The number of rotatable bonds is 4. The van der Waals surface area contributed by atoms with E-state index in [1.165, 1.54) is 0 Å². The molecule has 6 heteroatoms. The fraction of sp³-hybridized carbons (Fsp3) is 0.800. The Kier molecular flexibility index (Phi) is 4.70.